The maximum absolute atomic E-state index is 13.3. The van der Waals surface area contributed by atoms with Gasteiger partial charge in [0.05, 0.1) is 5.52 Å². The molecule has 0 fully saturated rings. The number of nitrogen functional groups attached to an aromatic ring is 1. The number of pyridine rings is 1. The van der Waals surface area contributed by atoms with Crippen LogP contribution in [0.1, 0.15) is 5.56 Å². The Morgan fingerprint density at radius 2 is 1.79 bits per heavy atom. The van der Waals surface area contributed by atoms with Gasteiger partial charge in [0, 0.05) is 23.1 Å². The first-order valence-electron chi connectivity index (χ1n) is 8.67. The molecule has 2 aromatic carbocycles. The second-order valence-electron chi connectivity index (χ2n) is 6.43. The van der Waals surface area contributed by atoms with Crippen LogP contribution in [0.4, 0.5) is 26.4 Å². The van der Waals surface area contributed by atoms with Crippen LogP contribution in [0.3, 0.4) is 0 Å². The maximum atomic E-state index is 13.3. The quantitative estimate of drug-likeness (QED) is 0.486. The van der Waals surface area contributed by atoms with E-state index in [0.29, 0.717) is 22.8 Å². The first-order chi connectivity index (χ1) is 13.5. The number of benzene rings is 2. The van der Waals surface area contributed by atoms with Crippen molar-refractivity contribution in [2.24, 2.45) is 0 Å². The lowest BCUT2D eigenvalue weighted by molar-refractivity contribution is 0.262. The van der Waals surface area contributed by atoms with Crippen LogP contribution in [0.15, 0.2) is 67.1 Å². The molecule has 0 aliphatic heterocycles. The Bertz CT molecular complexity index is 1170. The van der Waals surface area contributed by atoms with E-state index in [4.69, 9.17) is 5.73 Å². The number of aryl methyl sites for hydroxylation is 1. The van der Waals surface area contributed by atoms with Gasteiger partial charge >= 0.3 is 6.03 Å². The Morgan fingerprint density at radius 3 is 2.54 bits per heavy atom. The molecule has 0 saturated carbocycles. The number of hydrogen-bond acceptors (Lipinski definition) is 3. The molecule has 2 heterocycles. The molecular weight excluding hydrogens is 357 g/mol. The van der Waals surface area contributed by atoms with Crippen molar-refractivity contribution in [1.29, 1.82) is 0 Å². The Morgan fingerprint density at radius 1 is 1.07 bits per heavy atom. The van der Waals surface area contributed by atoms with Crippen molar-refractivity contribution in [3.05, 3.63) is 78.5 Å². The van der Waals surface area contributed by atoms with Gasteiger partial charge in [0.25, 0.3) is 0 Å². The largest absolute Gasteiger partial charge is 0.382 e. The van der Waals surface area contributed by atoms with Gasteiger partial charge in [-0.1, -0.05) is 18.2 Å². The lowest BCUT2D eigenvalue weighted by Gasteiger charge is -2.10. The van der Waals surface area contributed by atoms with Crippen LogP contribution in [-0.2, 0) is 0 Å². The highest BCUT2D eigenvalue weighted by Crippen LogP contribution is 2.28. The predicted molar refractivity (Wildman–Crippen MR) is 109 cm³/mol. The van der Waals surface area contributed by atoms with Gasteiger partial charge in [-0.25, -0.2) is 14.2 Å². The lowest BCUT2D eigenvalue weighted by atomic mass is 10.1. The summed E-state index contributed by atoms with van der Waals surface area (Å²) in [6.07, 6.45) is 3.56. The molecule has 4 rings (SSSR count). The number of amides is 2. The third-order valence-electron chi connectivity index (χ3n) is 4.46. The van der Waals surface area contributed by atoms with Crippen LogP contribution in [0, 0.1) is 12.7 Å². The first kappa shape index (κ1) is 17.5. The molecule has 7 heteroatoms. The molecule has 0 atom stereocenters. The number of anilines is 3. The van der Waals surface area contributed by atoms with Gasteiger partial charge in [-0.3, -0.25) is 0 Å². The maximum Gasteiger partial charge on any atom is 0.323 e. The number of nitrogens with one attached hydrogen (secondary N) is 2. The summed E-state index contributed by atoms with van der Waals surface area (Å²) >= 11 is 0. The van der Waals surface area contributed by atoms with Crippen molar-refractivity contribution >= 4 is 28.7 Å². The molecule has 2 amide bonds. The van der Waals surface area contributed by atoms with E-state index in [2.05, 4.69) is 15.6 Å². The number of carbonyl (C=O) groups excluding carboxylic acids is 1. The Hall–Kier alpha value is -3.87. The molecule has 4 N–H and O–H groups in total. The number of hydrogen-bond donors (Lipinski definition) is 3. The summed E-state index contributed by atoms with van der Waals surface area (Å²) < 4.78 is 15.2. The van der Waals surface area contributed by atoms with Crippen molar-refractivity contribution in [2.75, 3.05) is 16.4 Å². The number of nitrogens with two attached hydrogens (primary N) is 1. The molecule has 6 nitrogen and oxygen atoms in total. The molecule has 0 bridgehead atoms. The fourth-order valence-electron chi connectivity index (χ4n) is 3.06. The number of aromatic nitrogens is 2. The summed E-state index contributed by atoms with van der Waals surface area (Å²) in [5, 5.41) is 5.45. The van der Waals surface area contributed by atoms with Gasteiger partial charge in [-0.2, -0.15) is 0 Å². The molecule has 0 unspecified atom stereocenters. The van der Waals surface area contributed by atoms with Crippen molar-refractivity contribution in [1.82, 2.24) is 9.38 Å². The van der Waals surface area contributed by atoms with Gasteiger partial charge < -0.3 is 20.8 Å². The number of halogens is 1. The highest BCUT2D eigenvalue weighted by molar-refractivity contribution is 6.00. The molecule has 2 aromatic heterocycles. The van der Waals surface area contributed by atoms with Crippen molar-refractivity contribution < 1.29 is 9.18 Å². The van der Waals surface area contributed by atoms with Gasteiger partial charge in [0.1, 0.15) is 18.0 Å². The molecule has 0 spiro atoms. The number of carbonyl (C=O) groups is 1. The number of urea groups is 1. The number of fused-ring (bicyclic) bond motifs is 1. The Labute approximate surface area is 160 Å². The number of imidazole rings is 1. The summed E-state index contributed by atoms with van der Waals surface area (Å²) in [5.74, 6) is 0.155. The minimum atomic E-state index is -0.402. The lowest BCUT2D eigenvalue weighted by Crippen LogP contribution is -2.19. The van der Waals surface area contributed by atoms with Gasteiger partial charge in [0.15, 0.2) is 0 Å². The van der Waals surface area contributed by atoms with E-state index in [9.17, 15) is 9.18 Å². The topological polar surface area (TPSA) is 84.5 Å². The number of rotatable bonds is 3. The third-order valence-corrected chi connectivity index (χ3v) is 4.46. The van der Waals surface area contributed by atoms with Crippen LogP contribution in [0.25, 0.3) is 16.6 Å². The van der Waals surface area contributed by atoms with E-state index in [1.807, 2.05) is 34.9 Å². The predicted octanol–water partition coefficient (Wildman–Crippen LogP) is 4.68. The zero-order valence-electron chi connectivity index (χ0n) is 15.1. The van der Waals surface area contributed by atoms with Crippen molar-refractivity contribution in [3.8, 4) is 11.1 Å². The Balaban J connectivity index is 1.51. The van der Waals surface area contributed by atoms with Crippen LogP contribution < -0.4 is 16.4 Å². The van der Waals surface area contributed by atoms with E-state index in [1.54, 1.807) is 31.5 Å². The van der Waals surface area contributed by atoms with Gasteiger partial charge in [-0.15, -0.1) is 0 Å². The molecule has 0 aliphatic rings. The average molecular weight is 375 g/mol. The number of nitrogens with zero attached hydrogens (tertiary/aromatic N) is 2. The third kappa shape index (κ3) is 3.37. The summed E-state index contributed by atoms with van der Waals surface area (Å²) in [6.45, 7) is 1.64. The van der Waals surface area contributed by atoms with Crippen LogP contribution >= 0.6 is 0 Å². The second-order valence-corrected chi connectivity index (χ2v) is 6.43. The van der Waals surface area contributed by atoms with Crippen LogP contribution in [-0.4, -0.2) is 15.4 Å². The monoisotopic (exact) mass is 375 g/mol. The van der Waals surface area contributed by atoms with E-state index in [-0.39, 0.29) is 5.82 Å². The molecular formula is C21H18FN5O. The smallest absolute Gasteiger partial charge is 0.323 e. The first-order valence-corrected chi connectivity index (χ1v) is 8.67. The normalized spacial score (nSPS) is 10.8. The van der Waals surface area contributed by atoms with E-state index >= 15 is 0 Å². The van der Waals surface area contributed by atoms with E-state index < -0.39 is 6.03 Å². The molecule has 140 valence electrons. The molecule has 0 radical (unpaired) electrons. The summed E-state index contributed by atoms with van der Waals surface area (Å²) in [5.41, 5.74) is 10.4. The average Bonchev–Trinajstić information content (AvgIpc) is 3.07. The fraction of sp³-hybridized carbons (Fsp3) is 0.0476. The second kappa shape index (κ2) is 7.03. The van der Waals surface area contributed by atoms with Gasteiger partial charge in [0.2, 0.25) is 0 Å². The fourth-order valence-corrected chi connectivity index (χ4v) is 3.06. The van der Waals surface area contributed by atoms with Gasteiger partial charge in [-0.05, 0) is 54.4 Å². The molecule has 0 saturated heterocycles. The van der Waals surface area contributed by atoms with Crippen molar-refractivity contribution in [2.45, 2.75) is 6.92 Å². The van der Waals surface area contributed by atoms with E-state index in [0.717, 1.165) is 16.6 Å². The molecule has 4 aromatic rings. The van der Waals surface area contributed by atoms with Crippen LogP contribution in [0.2, 0.25) is 0 Å². The molecule has 0 aliphatic carbocycles. The zero-order valence-corrected chi connectivity index (χ0v) is 15.1. The standard InChI is InChI=1S/C21H18FN5O/c1-13-11-16(8-9-18(13)22)26-21(28)25-15-6-4-14(5-7-15)17-3-2-10-27-12-24-20(23)19(17)27/h2-12H,23H2,1H3,(H2,25,26,28). The van der Waals surface area contributed by atoms with Crippen molar-refractivity contribution in [3.63, 3.8) is 0 Å². The zero-order chi connectivity index (χ0) is 19.7. The highest BCUT2D eigenvalue weighted by atomic mass is 19.1. The Kier molecular flexibility index (Phi) is 4.41. The summed E-state index contributed by atoms with van der Waals surface area (Å²) in [6, 6.07) is 15.3. The minimum Gasteiger partial charge on any atom is -0.382 e. The highest BCUT2D eigenvalue weighted by Gasteiger charge is 2.09. The SMILES string of the molecule is Cc1cc(NC(=O)Nc2ccc(-c3cccn4cnc(N)c34)cc2)ccc1F. The molecule has 28 heavy (non-hydrogen) atoms. The summed E-state index contributed by atoms with van der Waals surface area (Å²) in [4.78, 5) is 16.3. The summed E-state index contributed by atoms with van der Waals surface area (Å²) in [7, 11) is 0. The van der Waals surface area contributed by atoms with Crippen LogP contribution in [0.5, 0.6) is 0 Å². The van der Waals surface area contributed by atoms with E-state index in [1.165, 1.54) is 12.1 Å². The minimum absolute atomic E-state index is 0.310.